The summed E-state index contributed by atoms with van der Waals surface area (Å²) in [4.78, 5) is 18.1. The van der Waals surface area contributed by atoms with E-state index in [0.29, 0.717) is 19.0 Å². The first kappa shape index (κ1) is 24.4. The molecule has 0 saturated heterocycles. The predicted octanol–water partition coefficient (Wildman–Crippen LogP) is 1.57. The molecule has 31 heavy (non-hydrogen) atoms. The third-order valence-electron chi connectivity index (χ3n) is 4.80. The Labute approximate surface area is 184 Å². The lowest BCUT2D eigenvalue weighted by Crippen LogP contribution is -2.43. The van der Waals surface area contributed by atoms with Gasteiger partial charge in [-0.15, -0.1) is 0 Å². The number of carbonyl (C=O) groups is 1. The van der Waals surface area contributed by atoms with Crippen LogP contribution in [0, 0.1) is 6.92 Å². The Hall–Kier alpha value is -2.91. The first-order valence-electron chi connectivity index (χ1n) is 9.97. The molecule has 2 aromatic rings. The summed E-state index contributed by atoms with van der Waals surface area (Å²) >= 11 is 0. The van der Waals surface area contributed by atoms with Crippen LogP contribution in [0.25, 0.3) is 0 Å². The van der Waals surface area contributed by atoms with Gasteiger partial charge in [0, 0.05) is 20.6 Å². The number of carbonyl (C=O) groups excluding carboxylic acids is 1. The Morgan fingerprint density at radius 1 is 1.06 bits per heavy atom. The topological polar surface area (TPSA) is 117 Å². The number of aliphatic imine (C=N–C) groups is 1. The van der Waals surface area contributed by atoms with Crippen LogP contribution in [0.2, 0.25) is 0 Å². The number of hydrogen-bond donors (Lipinski definition) is 3. The van der Waals surface area contributed by atoms with Crippen LogP contribution in [0.4, 0.5) is 0 Å². The maximum Gasteiger partial charge on any atom is 0.241 e. The maximum absolute atomic E-state index is 12.0. The number of nitrogens with zero attached hydrogens (tertiary/aromatic N) is 2. The molecule has 0 heterocycles. The molecule has 2 rings (SSSR count). The Balaban J connectivity index is 2.07. The van der Waals surface area contributed by atoms with Gasteiger partial charge in [0.1, 0.15) is 0 Å². The normalized spacial score (nSPS) is 12.9. The van der Waals surface area contributed by atoms with Gasteiger partial charge in [-0.25, -0.2) is 18.5 Å². The average molecular weight is 446 g/mol. The van der Waals surface area contributed by atoms with Gasteiger partial charge in [0.15, 0.2) is 5.96 Å². The smallest absolute Gasteiger partial charge is 0.241 e. The Bertz CT molecular complexity index is 1000. The molecular formula is C22H31N5O3S. The quantitative estimate of drug-likeness (QED) is 0.421. The van der Waals surface area contributed by atoms with E-state index in [-0.39, 0.29) is 23.3 Å². The number of likely N-dealkylation sites (N-methyl/N-ethyl adjacent to an activating group) is 1. The lowest BCUT2D eigenvalue weighted by molar-refractivity contribution is -0.127. The van der Waals surface area contributed by atoms with Gasteiger partial charge in [-0.1, -0.05) is 48.9 Å². The van der Waals surface area contributed by atoms with Gasteiger partial charge in [0.05, 0.1) is 18.0 Å². The number of guanidine groups is 1. The number of amides is 1. The molecule has 0 aromatic heterocycles. The van der Waals surface area contributed by atoms with Crippen LogP contribution in [0.5, 0.6) is 0 Å². The van der Waals surface area contributed by atoms with Gasteiger partial charge in [-0.3, -0.25) is 4.79 Å². The molecule has 0 saturated carbocycles. The highest BCUT2D eigenvalue weighted by Crippen LogP contribution is 2.15. The van der Waals surface area contributed by atoms with Crippen LogP contribution in [-0.4, -0.2) is 52.4 Å². The molecule has 1 amide bonds. The van der Waals surface area contributed by atoms with E-state index in [1.54, 1.807) is 26.2 Å². The number of rotatable bonds is 8. The fraction of sp³-hybridized carbons (Fsp3) is 0.364. The van der Waals surface area contributed by atoms with Crippen molar-refractivity contribution in [2.45, 2.75) is 31.2 Å². The molecular weight excluding hydrogens is 414 g/mol. The largest absolute Gasteiger partial charge is 0.356 e. The highest BCUT2D eigenvalue weighted by Gasteiger charge is 2.10. The SMILES string of the molecule is Cc1ccc(C(C)CNC(=NCc2ccc(S(N)(=O)=O)cc2)NCC(=O)N(C)C)cc1. The number of nitrogens with one attached hydrogen (secondary N) is 2. The standard InChI is InChI=1S/C22H31N5O3S/c1-16-5-9-19(10-6-16)17(2)13-24-22(26-15-21(28)27(3)4)25-14-18-7-11-20(12-8-18)31(23,29)30/h5-12,17H,13-15H2,1-4H3,(H2,23,29,30)(H2,24,25,26). The minimum atomic E-state index is -3.73. The molecule has 4 N–H and O–H groups in total. The van der Waals surface area contributed by atoms with E-state index in [2.05, 4.69) is 53.7 Å². The van der Waals surface area contributed by atoms with Gasteiger partial charge in [-0.05, 0) is 36.1 Å². The molecule has 9 heteroatoms. The monoisotopic (exact) mass is 445 g/mol. The summed E-state index contributed by atoms with van der Waals surface area (Å²) in [7, 11) is -0.337. The van der Waals surface area contributed by atoms with Crippen molar-refractivity contribution < 1.29 is 13.2 Å². The van der Waals surface area contributed by atoms with E-state index in [9.17, 15) is 13.2 Å². The number of aryl methyl sites for hydroxylation is 1. The first-order valence-corrected chi connectivity index (χ1v) is 11.5. The summed E-state index contributed by atoms with van der Waals surface area (Å²) in [6.07, 6.45) is 0. The van der Waals surface area contributed by atoms with Crippen LogP contribution >= 0.6 is 0 Å². The number of nitrogens with two attached hydrogens (primary N) is 1. The van der Waals surface area contributed by atoms with Crippen molar-refractivity contribution in [1.82, 2.24) is 15.5 Å². The predicted molar refractivity (Wildman–Crippen MR) is 123 cm³/mol. The van der Waals surface area contributed by atoms with Crippen molar-refractivity contribution >= 4 is 21.9 Å². The molecule has 0 spiro atoms. The molecule has 1 atom stereocenters. The summed E-state index contributed by atoms with van der Waals surface area (Å²) in [5.74, 6) is 0.675. The summed E-state index contributed by atoms with van der Waals surface area (Å²) in [5, 5.41) is 11.5. The Morgan fingerprint density at radius 2 is 1.68 bits per heavy atom. The minimum absolute atomic E-state index is 0.0557. The second-order valence-corrected chi connectivity index (χ2v) is 9.25. The van der Waals surface area contributed by atoms with E-state index in [1.807, 2.05) is 0 Å². The van der Waals surface area contributed by atoms with Crippen molar-refractivity contribution in [2.75, 3.05) is 27.2 Å². The van der Waals surface area contributed by atoms with Gasteiger partial charge >= 0.3 is 0 Å². The molecule has 168 valence electrons. The van der Waals surface area contributed by atoms with Crippen LogP contribution in [0.1, 0.15) is 29.5 Å². The van der Waals surface area contributed by atoms with Crippen molar-refractivity contribution in [3.8, 4) is 0 Å². The fourth-order valence-corrected chi connectivity index (χ4v) is 3.22. The molecule has 0 aliphatic rings. The maximum atomic E-state index is 12.0. The number of sulfonamides is 1. The molecule has 8 nitrogen and oxygen atoms in total. The zero-order valence-electron chi connectivity index (χ0n) is 18.4. The lowest BCUT2D eigenvalue weighted by Gasteiger charge is -2.18. The zero-order chi connectivity index (χ0) is 23.0. The summed E-state index contributed by atoms with van der Waals surface area (Å²) in [5.41, 5.74) is 3.24. The molecule has 0 aliphatic carbocycles. The van der Waals surface area contributed by atoms with Crippen LogP contribution in [0.3, 0.4) is 0 Å². The zero-order valence-corrected chi connectivity index (χ0v) is 19.2. The Morgan fingerprint density at radius 3 is 2.23 bits per heavy atom. The molecule has 2 aromatic carbocycles. The highest BCUT2D eigenvalue weighted by molar-refractivity contribution is 7.89. The molecule has 0 aliphatic heterocycles. The Kier molecular flexibility index (Phi) is 8.58. The third kappa shape index (κ3) is 8.03. The average Bonchev–Trinajstić information content (AvgIpc) is 2.72. The van der Waals surface area contributed by atoms with Crippen molar-refractivity contribution in [3.05, 3.63) is 65.2 Å². The van der Waals surface area contributed by atoms with Gasteiger partial charge in [0.2, 0.25) is 15.9 Å². The first-order chi connectivity index (χ1) is 14.6. The van der Waals surface area contributed by atoms with E-state index in [4.69, 9.17) is 5.14 Å². The molecule has 1 unspecified atom stereocenters. The van der Waals surface area contributed by atoms with Gasteiger partial charge < -0.3 is 15.5 Å². The molecule has 0 bridgehead atoms. The van der Waals surface area contributed by atoms with Crippen LogP contribution < -0.4 is 15.8 Å². The van der Waals surface area contributed by atoms with Crippen LogP contribution in [-0.2, 0) is 21.4 Å². The second-order valence-electron chi connectivity index (χ2n) is 7.69. The van der Waals surface area contributed by atoms with E-state index in [1.165, 1.54) is 28.2 Å². The summed E-state index contributed by atoms with van der Waals surface area (Å²) < 4.78 is 22.8. The van der Waals surface area contributed by atoms with Crippen molar-refractivity contribution in [1.29, 1.82) is 0 Å². The fourth-order valence-electron chi connectivity index (χ4n) is 2.71. The summed E-state index contributed by atoms with van der Waals surface area (Å²) in [6.45, 7) is 5.23. The van der Waals surface area contributed by atoms with Gasteiger partial charge in [0.25, 0.3) is 0 Å². The number of hydrogen-bond acceptors (Lipinski definition) is 4. The summed E-state index contributed by atoms with van der Waals surface area (Å²) in [6, 6.07) is 14.6. The third-order valence-corrected chi connectivity index (χ3v) is 5.73. The number of primary sulfonamides is 1. The van der Waals surface area contributed by atoms with Crippen molar-refractivity contribution in [2.24, 2.45) is 10.1 Å². The lowest BCUT2D eigenvalue weighted by atomic mass is 10.0. The van der Waals surface area contributed by atoms with Crippen molar-refractivity contribution in [3.63, 3.8) is 0 Å². The van der Waals surface area contributed by atoms with E-state index in [0.717, 1.165) is 5.56 Å². The molecule has 0 fully saturated rings. The van der Waals surface area contributed by atoms with Gasteiger partial charge in [-0.2, -0.15) is 0 Å². The molecule has 0 radical (unpaired) electrons. The minimum Gasteiger partial charge on any atom is -0.356 e. The van der Waals surface area contributed by atoms with E-state index < -0.39 is 10.0 Å². The highest BCUT2D eigenvalue weighted by atomic mass is 32.2. The van der Waals surface area contributed by atoms with Crippen LogP contribution in [0.15, 0.2) is 58.4 Å². The number of benzene rings is 2. The second kappa shape index (κ2) is 10.9. The van der Waals surface area contributed by atoms with E-state index >= 15 is 0 Å².